The smallest absolute Gasteiger partial charge is 0.310 e. The molecule has 114 valence electrons. The lowest BCUT2D eigenvalue weighted by atomic mass is 10.00. The maximum absolute atomic E-state index is 11.3. The van der Waals surface area contributed by atoms with Crippen LogP contribution in [0.1, 0.15) is 30.9 Å². The van der Waals surface area contributed by atoms with Crippen molar-refractivity contribution in [3.05, 3.63) is 35.4 Å². The summed E-state index contributed by atoms with van der Waals surface area (Å²) in [5.74, 6) is -1.14. The molecule has 1 saturated heterocycles. The molecule has 1 heterocycles. The van der Waals surface area contributed by atoms with Crippen LogP contribution < -0.4 is 0 Å². The van der Waals surface area contributed by atoms with E-state index in [-0.39, 0.29) is 5.91 Å². The van der Waals surface area contributed by atoms with E-state index >= 15 is 0 Å². The zero-order valence-corrected chi connectivity index (χ0v) is 12.6. The molecule has 0 aromatic heterocycles. The summed E-state index contributed by atoms with van der Waals surface area (Å²) in [5, 5.41) is 9.00. The Morgan fingerprint density at radius 1 is 1.14 bits per heavy atom. The topological polar surface area (TPSA) is 60.9 Å². The summed E-state index contributed by atoms with van der Waals surface area (Å²) in [5.41, 5.74) is 2.00. The Balaban J connectivity index is 1.90. The Morgan fingerprint density at radius 3 is 2.19 bits per heavy atom. The number of hydrogen-bond donors (Lipinski definition) is 1. The van der Waals surface area contributed by atoms with Crippen molar-refractivity contribution in [3.63, 3.8) is 0 Å². The number of piperazine rings is 1. The second-order valence-electron chi connectivity index (χ2n) is 5.58. The molecule has 1 amide bonds. The number of carbonyl (C=O) groups is 2. The molecular formula is C16H22N2O3. The van der Waals surface area contributed by atoms with E-state index < -0.39 is 11.9 Å². The molecule has 1 atom stereocenters. The monoisotopic (exact) mass is 290 g/mol. The van der Waals surface area contributed by atoms with Crippen molar-refractivity contribution in [2.24, 2.45) is 0 Å². The Morgan fingerprint density at radius 2 is 1.71 bits per heavy atom. The van der Waals surface area contributed by atoms with Gasteiger partial charge in [0.2, 0.25) is 5.91 Å². The van der Waals surface area contributed by atoms with Crippen LogP contribution in [0.15, 0.2) is 24.3 Å². The number of nitrogens with zero attached hydrogens (tertiary/aromatic N) is 2. The number of aliphatic carboxylic acids is 1. The van der Waals surface area contributed by atoms with Crippen LogP contribution in [0.2, 0.25) is 0 Å². The van der Waals surface area contributed by atoms with Crippen molar-refractivity contribution in [2.75, 3.05) is 26.2 Å². The van der Waals surface area contributed by atoms with Gasteiger partial charge in [0.15, 0.2) is 0 Å². The first kappa shape index (κ1) is 15.5. The first-order valence-corrected chi connectivity index (χ1v) is 7.27. The van der Waals surface area contributed by atoms with Gasteiger partial charge in [-0.25, -0.2) is 0 Å². The molecule has 0 radical (unpaired) electrons. The van der Waals surface area contributed by atoms with Gasteiger partial charge in [0.05, 0.1) is 5.92 Å². The van der Waals surface area contributed by atoms with Crippen LogP contribution in [-0.2, 0) is 16.1 Å². The maximum atomic E-state index is 11.3. The van der Waals surface area contributed by atoms with Crippen molar-refractivity contribution < 1.29 is 14.7 Å². The van der Waals surface area contributed by atoms with Crippen LogP contribution in [0.25, 0.3) is 0 Å². The number of carboxylic acids is 1. The van der Waals surface area contributed by atoms with Gasteiger partial charge in [-0.15, -0.1) is 0 Å². The summed E-state index contributed by atoms with van der Waals surface area (Å²) in [7, 11) is 0. The van der Waals surface area contributed by atoms with E-state index in [0.29, 0.717) is 0 Å². The molecule has 0 aliphatic carbocycles. The van der Waals surface area contributed by atoms with Crippen LogP contribution >= 0.6 is 0 Å². The van der Waals surface area contributed by atoms with Gasteiger partial charge < -0.3 is 10.0 Å². The minimum absolute atomic E-state index is 0.140. The minimum atomic E-state index is -0.803. The molecule has 1 fully saturated rings. The fourth-order valence-corrected chi connectivity index (χ4v) is 2.53. The molecule has 1 unspecified atom stereocenters. The third kappa shape index (κ3) is 4.04. The Bertz CT molecular complexity index is 505. The fourth-order valence-electron chi connectivity index (χ4n) is 2.53. The molecule has 2 rings (SSSR count). The average molecular weight is 290 g/mol. The second-order valence-corrected chi connectivity index (χ2v) is 5.58. The van der Waals surface area contributed by atoms with Crippen molar-refractivity contribution in [1.82, 2.24) is 9.80 Å². The first-order valence-electron chi connectivity index (χ1n) is 7.27. The lowest BCUT2D eigenvalue weighted by Crippen LogP contribution is -2.47. The molecular weight excluding hydrogens is 268 g/mol. The van der Waals surface area contributed by atoms with Crippen molar-refractivity contribution in [1.29, 1.82) is 0 Å². The molecule has 21 heavy (non-hydrogen) atoms. The maximum Gasteiger partial charge on any atom is 0.310 e. The summed E-state index contributed by atoms with van der Waals surface area (Å²) in [4.78, 5) is 26.4. The van der Waals surface area contributed by atoms with Crippen LogP contribution in [0.5, 0.6) is 0 Å². The first-order chi connectivity index (χ1) is 9.97. The number of carboxylic acid groups (broad SMARTS) is 1. The molecule has 0 bridgehead atoms. The summed E-state index contributed by atoms with van der Waals surface area (Å²) in [6, 6.07) is 7.76. The highest BCUT2D eigenvalue weighted by Crippen LogP contribution is 2.17. The number of rotatable bonds is 4. The van der Waals surface area contributed by atoms with E-state index in [1.165, 1.54) is 5.56 Å². The number of carbonyl (C=O) groups excluding carboxylic acids is 1. The normalized spacial score (nSPS) is 17.5. The fraction of sp³-hybridized carbons (Fsp3) is 0.500. The highest BCUT2D eigenvalue weighted by Gasteiger charge is 2.18. The average Bonchev–Trinajstić information content (AvgIpc) is 2.47. The van der Waals surface area contributed by atoms with E-state index in [0.717, 1.165) is 38.3 Å². The van der Waals surface area contributed by atoms with Gasteiger partial charge in [-0.2, -0.15) is 0 Å². The van der Waals surface area contributed by atoms with Gasteiger partial charge in [0, 0.05) is 39.6 Å². The van der Waals surface area contributed by atoms with E-state index in [2.05, 4.69) is 4.90 Å². The SMILES string of the molecule is CC(=O)N1CCN(Cc2ccc(C(C)C(=O)O)cc2)CC1. The molecule has 1 aromatic carbocycles. The molecule has 0 spiro atoms. The summed E-state index contributed by atoms with van der Waals surface area (Å²) < 4.78 is 0. The summed E-state index contributed by atoms with van der Waals surface area (Å²) in [6.07, 6.45) is 0. The van der Waals surface area contributed by atoms with E-state index in [4.69, 9.17) is 5.11 Å². The largest absolute Gasteiger partial charge is 0.481 e. The summed E-state index contributed by atoms with van der Waals surface area (Å²) >= 11 is 0. The van der Waals surface area contributed by atoms with E-state index in [1.807, 2.05) is 29.2 Å². The van der Waals surface area contributed by atoms with Crippen LogP contribution in [0, 0.1) is 0 Å². The standard InChI is InChI=1S/C16H22N2O3/c1-12(16(20)21)15-5-3-14(4-6-15)11-17-7-9-18(10-8-17)13(2)19/h3-6,12H,7-11H2,1-2H3,(H,20,21). The molecule has 1 N–H and O–H groups in total. The Kier molecular flexibility index (Phi) is 4.96. The molecule has 1 aliphatic heterocycles. The molecule has 0 saturated carbocycles. The second kappa shape index (κ2) is 6.72. The highest BCUT2D eigenvalue weighted by molar-refractivity contribution is 5.75. The number of benzene rings is 1. The predicted molar refractivity (Wildman–Crippen MR) is 80.0 cm³/mol. The van der Waals surface area contributed by atoms with Gasteiger partial charge in [-0.1, -0.05) is 24.3 Å². The molecule has 1 aliphatic rings. The predicted octanol–water partition coefficient (Wildman–Crippen LogP) is 1.54. The van der Waals surface area contributed by atoms with Crippen molar-refractivity contribution in [3.8, 4) is 0 Å². The molecule has 1 aromatic rings. The number of amides is 1. The summed E-state index contributed by atoms with van der Waals surface area (Å²) in [6.45, 7) is 7.47. The van der Waals surface area contributed by atoms with Gasteiger partial charge in [0.25, 0.3) is 0 Å². The minimum Gasteiger partial charge on any atom is -0.481 e. The van der Waals surface area contributed by atoms with Gasteiger partial charge in [-0.3, -0.25) is 14.5 Å². The van der Waals surface area contributed by atoms with Gasteiger partial charge in [-0.05, 0) is 18.1 Å². The molecule has 5 nitrogen and oxygen atoms in total. The Hall–Kier alpha value is -1.88. The lowest BCUT2D eigenvalue weighted by molar-refractivity contribution is -0.138. The zero-order valence-electron chi connectivity index (χ0n) is 12.6. The lowest BCUT2D eigenvalue weighted by Gasteiger charge is -2.34. The third-order valence-corrected chi connectivity index (χ3v) is 4.07. The van der Waals surface area contributed by atoms with Gasteiger partial charge in [0.1, 0.15) is 0 Å². The van der Waals surface area contributed by atoms with E-state index in [9.17, 15) is 9.59 Å². The van der Waals surface area contributed by atoms with Crippen LogP contribution in [-0.4, -0.2) is 53.0 Å². The quantitative estimate of drug-likeness (QED) is 0.913. The Labute approximate surface area is 125 Å². The zero-order chi connectivity index (χ0) is 15.4. The third-order valence-electron chi connectivity index (χ3n) is 4.07. The van der Waals surface area contributed by atoms with Crippen LogP contribution in [0.4, 0.5) is 0 Å². The van der Waals surface area contributed by atoms with E-state index in [1.54, 1.807) is 13.8 Å². The number of hydrogen-bond acceptors (Lipinski definition) is 3. The molecule has 5 heteroatoms. The van der Waals surface area contributed by atoms with Crippen molar-refractivity contribution in [2.45, 2.75) is 26.3 Å². The van der Waals surface area contributed by atoms with Crippen LogP contribution in [0.3, 0.4) is 0 Å². The highest BCUT2D eigenvalue weighted by atomic mass is 16.4. The van der Waals surface area contributed by atoms with Gasteiger partial charge >= 0.3 is 5.97 Å². The van der Waals surface area contributed by atoms with Crippen molar-refractivity contribution >= 4 is 11.9 Å².